The maximum atomic E-state index is 10.8. The second kappa shape index (κ2) is 4.49. The molecule has 0 spiro atoms. The molecule has 3 rings (SSSR count). The predicted octanol–water partition coefficient (Wildman–Crippen LogP) is 1.23. The number of fused-ring (bicyclic) bond motifs is 1. The second-order valence-corrected chi connectivity index (χ2v) is 5.34. The number of carboxylic acid groups (broad SMARTS) is 1. The van der Waals surface area contributed by atoms with Gasteiger partial charge in [-0.2, -0.15) is 4.68 Å². The van der Waals surface area contributed by atoms with Crippen LogP contribution in [-0.4, -0.2) is 31.1 Å². The van der Waals surface area contributed by atoms with Crippen LogP contribution in [0.1, 0.15) is 29.1 Å². The van der Waals surface area contributed by atoms with E-state index in [0.29, 0.717) is 5.69 Å². The smallest absolute Gasteiger partial charge is 0.309 e. The number of aromatic nitrogens is 4. The molecule has 1 aliphatic carbocycles. The van der Waals surface area contributed by atoms with E-state index in [1.165, 1.54) is 28.6 Å². The number of aliphatic carboxylic acids is 1. The molecule has 18 heavy (non-hydrogen) atoms. The van der Waals surface area contributed by atoms with Gasteiger partial charge >= 0.3 is 5.97 Å². The van der Waals surface area contributed by atoms with E-state index in [-0.39, 0.29) is 6.42 Å². The Kier molecular flexibility index (Phi) is 2.83. The highest BCUT2D eigenvalue weighted by molar-refractivity contribution is 7.14. The molecular weight excluding hydrogens is 252 g/mol. The minimum Gasteiger partial charge on any atom is -0.481 e. The van der Waals surface area contributed by atoms with Crippen molar-refractivity contribution in [3.63, 3.8) is 0 Å². The largest absolute Gasteiger partial charge is 0.481 e. The van der Waals surface area contributed by atoms with Crippen molar-refractivity contribution in [2.24, 2.45) is 0 Å². The molecule has 94 valence electrons. The fourth-order valence-corrected chi connectivity index (χ4v) is 3.25. The third-order valence-corrected chi connectivity index (χ3v) is 4.10. The summed E-state index contributed by atoms with van der Waals surface area (Å²) in [5.74, 6) is -0.889. The second-order valence-electron chi connectivity index (χ2n) is 4.28. The average molecular weight is 264 g/mol. The minimum absolute atomic E-state index is 0.0861. The molecule has 0 bridgehead atoms. The maximum Gasteiger partial charge on any atom is 0.309 e. The lowest BCUT2D eigenvalue weighted by atomic mass is 10.0. The van der Waals surface area contributed by atoms with Gasteiger partial charge in [0.25, 0.3) is 0 Å². The average Bonchev–Trinajstić information content (AvgIpc) is 2.93. The Labute approximate surface area is 107 Å². The van der Waals surface area contributed by atoms with Gasteiger partial charge in [0, 0.05) is 4.88 Å². The lowest BCUT2D eigenvalue weighted by molar-refractivity contribution is -0.136. The topological polar surface area (TPSA) is 80.9 Å². The van der Waals surface area contributed by atoms with Gasteiger partial charge in [0.15, 0.2) is 0 Å². The molecule has 2 aromatic heterocycles. The van der Waals surface area contributed by atoms with Gasteiger partial charge in [-0.1, -0.05) is 16.6 Å². The van der Waals surface area contributed by atoms with Crippen molar-refractivity contribution in [1.29, 1.82) is 0 Å². The van der Waals surface area contributed by atoms with E-state index in [0.717, 1.165) is 23.7 Å². The molecule has 2 heterocycles. The van der Waals surface area contributed by atoms with Gasteiger partial charge in [-0.25, -0.2) is 4.98 Å². The van der Waals surface area contributed by atoms with E-state index in [4.69, 9.17) is 5.11 Å². The first kappa shape index (κ1) is 11.3. The number of aryl methyl sites for hydroxylation is 2. The van der Waals surface area contributed by atoms with Crippen molar-refractivity contribution >= 4 is 17.3 Å². The SMILES string of the molecule is O=C(O)Cc1cnnn1-c1nc2c(s1)CCCC2. The fraction of sp³-hybridized carbons (Fsp3) is 0.455. The third kappa shape index (κ3) is 2.01. The van der Waals surface area contributed by atoms with Crippen LogP contribution in [0.5, 0.6) is 0 Å². The minimum atomic E-state index is -0.889. The first-order valence-corrected chi connectivity index (χ1v) is 6.66. The van der Waals surface area contributed by atoms with E-state index in [2.05, 4.69) is 15.3 Å². The molecule has 0 aromatic carbocycles. The summed E-state index contributed by atoms with van der Waals surface area (Å²) in [5.41, 5.74) is 1.70. The number of carboxylic acids is 1. The van der Waals surface area contributed by atoms with Gasteiger partial charge in [0.2, 0.25) is 5.13 Å². The Morgan fingerprint density at radius 3 is 3.06 bits per heavy atom. The van der Waals surface area contributed by atoms with Crippen molar-refractivity contribution in [1.82, 2.24) is 20.0 Å². The Morgan fingerprint density at radius 2 is 2.28 bits per heavy atom. The molecule has 0 saturated carbocycles. The number of rotatable bonds is 3. The number of nitrogens with zero attached hydrogens (tertiary/aromatic N) is 4. The first-order chi connectivity index (χ1) is 8.74. The molecular formula is C11H12N4O2S. The summed E-state index contributed by atoms with van der Waals surface area (Å²) in [6, 6.07) is 0. The normalized spacial score (nSPS) is 14.4. The Morgan fingerprint density at radius 1 is 1.44 bits per heavy atom. The van der Waals surface area contributed by atoms with Crippen LogP contribution < -0.4 is 0 Å². The lowest BCUT2D eigenvalue weighted by Crippen LogP contribution is -2.08. The molecule has 0 aliphatic heterocycles. The Hall–Kier alpha value is -1.76. The molecule has 1 N–H and O–H groups in total. The quantitative estimate of drug-likeness (QED) is 0.901. The van der Waals surface area contributed by atoms with Crippen LogP contribution in [0.4, 0.5) is 0 Å². The molecule has 7 heteroatoms. The van der Waals surface area contributed by atoms with Gasteiger partial charge in [-0.15, -0.1) is 5.10 Å². The maximum absolute atomic E-state index is 10.8. The molecule has 0 saturated heterocycles. The summed E-state index contributed by atoms with van der Waals surface area (Å²) < 4.78 is 1.54. The van der Waals surface area contributed by atoms with E-state index >= 15 is 0 Å². The summed E-state index contributed by atoms with van der Waals surface area (Å²) in [5, 5.41) is 17.3. The zero-order chi connectivity index (χ0) is 12.5. The highest BCUT2D eigenvalue weighted by Gasteiger charge is 2.18. The highest BCUT2D eigenvalue weighted by Crippen LogP contribution is 2.28. The van der Waals surface area contributed by atoms with Crippen LogP contribution in [0.2, 0.25) is 0 Å². The van der Waals surface area contributed by atoms with E-state index in [9.17, 15) is 4.79 Å². The van der Waals surface area contributed by atoms with Crippen molar-refractivity contribution in [2.75, 3.05) is 0 Å². The Balaban J connectivity index is 1.97. The van der Waals surface area contributed by atoms with Crippen molar-refractivity contribution in [3.05, 3.63) is 22.5 Å². The predicted molar refractivity (Wildman–Crippen MR) is 65.0 cm³/mol. The van der Waals surface area contributed by atoms with Crippen molar-refractivity contribution in [2.45, 2.75) is 32.1 Å². The Bertz CT molecular complexity index is 566. The molecule has 0 unspecified atom stereocenters. The van der Waals surface area contributed by atoms with Gasteiger partial charge in [0.1, 0.15) is 0 Å². The number of hydrogen-bond donors (Lipinski definition) is 1. The van der Waals surface area contributed by atoms with E-state index in [1.807, 2.05) is 0 Å². The van der Waals surface area contributed by atoms with Gasteiger partial charge in [-0.3, -0.25) is 4.79 Å². The monoisotopic (exact) mass is 264 g/mol. The van der Waals surface area contributed by atoms with Crippen LogP contribution in [0.25, 0.3) is 5.13 Å². The van der Waals surface area contributed by atoms with Crippen LogP contribution >= 0.6 is 11.3 Å². The summed E-state index contributed by atoms with van der Waals surface area (Å²) in [6.07, 6.45) is 5.85. The van der Waals surface area contributed by atoms with Crippen molar-refractivity contribution in [3.8, 4) is 5.13 Å². The van der Waals surface area contributed by atoms with Crippen LogP contribution in [0.3, 0.4) is 0 Å². The third-order valence-electron chi connectivity index (χ3n) is 2.97. The highest BCUT2D eigenvalue weighted by atomic mass is 32.1. The number of hydrogen-bond acceptors (Lipinski definition) is 5. The molecule has 2 aromatic rings. The van der Waals surface area contributed by atoms with Crippen LogP contribution in [0.15, 0.2) is 6.20 Å². The zero-order valence-electron chi connectivity index (χ0n) is 9.67. The summed E-state index contributed by atoms with van der Waals surface area (Å²) in [7, 11) is 0. The summed E-state index contributed by atoms with van der Waals surface area (Å²) in [4.78, 5) is 16.6. The molecule has 6 nitrogen and oxygen atoms in total. The standard InChI is InChI=1S/C11H12N4O2S/c16-10(17)5-7-6-12-14-15(7)11-13-8-3-1-2-4-9(8)18-11/h6H,1-5H2,(H,16,17). The number of thiazole rings is 1. The van der Waals surface area contributed by atoms with Gasteiger partial charge in [0.05, 0.1) is 24.0 Å². The van der Waals surface area contributed by atoms with E-state index < -0.39 is 5.97 Å². The molecule has 1 aliphatic rings. The van der Waals surface area contributed by atoms with Crippen LogP contribution in [-0.2, 0) is 24.1 Å². The van der Waals surface area contributed by atoms with E-state index in [1.54, 1.807) is 11.3 Å². The van der Waals surface area contributed by atoms with Gasteiger partial charge < -0.3 is 5.11 Å². The van der Waals surface area contributed by atoms with Crippen LogP contribution in [0, 0.1) is 0 Å². The fourth-order valence-electron chi connectivity index (χ4n) is 2.12. The molecule has 0 atom stereocenters. The molecule has 0 amide bonds. The van der Waals surface area contributed by atoms with Gasteiger partial charge in [-0.05, 0) is 25.7 Å². The lowest BCUT2D eigenvalue weighted by Gasteiger charge is -2.06. The molecule has 0 fully saturated rings. The summed E-state index contributed by atoms with van der Waals surface area (Å²) >= 11 is 1.59. The number of carbonyl (C=O) groups is 1. The summed E-state index contributed by atoms with van der Waals surface area (Å²) in [6.45, 7) is 0. The van der Waals surface area contributed by atoms with Crippen molar-refractivity contribution < 1.29 is 9.90 Å². The zero-order valence-corrected chi connectivity index (χ0v) is 10.5. The molecule has 0 radical (unpaired) electrons. The first-order valence-electron chi connectivity index (χ1n) is 5.84.